The molecule has 1 aliphatic carbocycles. The highest BCUT2D eigenvalue weighted by Crippen LogP contribution is 2.46. The van der Waals surface area contributed by atoms with Gasteiger partial charge in [0.2, 0.25) is 0 Å². The molecule has 1 spiro atoms. The van der Waals surface area contributed by atoms with Crippen molar-refractivity contribution in [3.05, 3.63) is 62.7 Å². The molecule has 1 atom stereocenters. The molecule has 25 heavy (non-hydrogen) atoms. The lowest BCUT2D eigenvalue weighted by molar-refractivity contribution is -0.138. The molecule has 2 aliphatic rings. The van der Waals surface area contributed by atoms with E-state index in [0.717, 1.165) is 12.3 Å². The Bertz CT molecular complexity index is 982. The van der Waals surface area contributed by atoms with Crippen molar-refractivity contribution >= 4 is 23.2 Å². The number of nitrogens with one attached hydrogen (secondary N) is 1. The zero-order chi connectivity index (χ0) is 18.0. The van der Waals surface area contributed by atoms with E-state index < -0.39 is 28.5 Å². The molecule has 2 aromatic rings. The summed E-state index contributed by atoms with van der Waals surface area (Å²) in [6.07, 6.45) is -1.02. The zero-order valence-electron chi connectivity index (χ0n) is 12.5. The third kappa shape index (κ3) is 2.35. The van der Waals surface area contributed by atoms with Crippen LogP contribution >= 0.6 is 11.6 Å². The van der Waals surface area contributed by atoms with Crippen LogP contribution in [-0.2, 0) is 18.3 Å². The summed E-state index contributed by atoms with van der Waals surface area (Å²) in [5.74, 6) is -0.283. The van der Waals surface area contributed by atoms with Gasteiger partial charge in [-0.25, -0.2) is 9.37 Å². The van der Waals surface area contributed by atoms with Gasteiger partial charge in [-0.05, 0) is 24.1 Å². The van der Waals surface area contributed by atoms with Crippen molar-refractivity contribution in [2.24, 2.45) is 0 Å². The van der Waals surface area contributed by atoms with Crippen LogP contribution in [0.1, 0.15) is 23.1 Å². The number of alkyl halides is 3. The number of hydrogen-bond donors (Lipinski definition) is 1. The average Bonchev–Trinajstić information content (AvgIpc) is 2.88. The Labute approximate surface area is 143 Å². The average molecular weight is 372 g/mol. The highest BCUT2D eigenvalue weighted by molar-refractivity contribution is 6.31. The van der Waals surface area contributed by atoms with Gasteiger partial charge in [0.1, 0.15) is 22.4 Å². The predicted octanol–water partition coefficient (Wildman–Crippen LogP) is 3.95. The van der Waals surface area contributed by atoms with Gasteiger partial charge < -0.3 is 9.88 Å². The Morgan fingerprint density at radius 2 is 2.12 bits per heavy atom. The Kier molecular flexibility index (Phi) is 3.28. The van der Waals surface area contributed by atoms with Gasteiger partial charge in [-0.15, -0.1) is 0 Å². The Hall–Kier alpha value is -2.35. The summed E-state index contributed by atoms with van der Waals surface area (Å²) in [6.45, 7) is 0.100. The minimum Gasteiger partial charge on any atom is -0.360 e. The van der Waals surface area contributed by atoms with E-state index in [4.69, 9.17) is 11.6 Å². The summed E-state index contributed by atoms with van der Waals surface area (Å²) < 4.78 is 54.4. The van der Waals surface area contributed by atoms with Crippen molar-refractivity contribution < 1.29 is 17.6 Å². The van der Waals surface area contributed by atoms with Gasteiger partial charge in [-0.2, -0.15) is 13.2 Å². The van der Waals surface area contributed by atoms with Gasteiger partial charge in [-0.1, -0.05) is 11.6 Å². The Balaban J connectivity index is 1.85. The minimum atomic E-state index is -4.74. The number of nitrogens with zero attached hydrogens (tertiary/aromatic N) is 2. The van der Waals surface area contributed by atoms with Crippen LogP contribution in [0.15, 0.2) is 35.4 Å². The molecule has 0 amide bonds. The van der Waals surface area contributed by atoms with Gasteiger partial charge >= 0.3 is 6.18 Å². The second-order valence-electron chi connectivity index (χ2n) is 6.05. The van der Waals surface area contributed by atoms with Crippen LogP contribution in [0.4, 0.5) is 23.4 Å². The number of hydrogen-bond acceptors (Lipinski definition) is 3. The van der Waals surface area contributed by atoms with E-state index in [0.29, 0.717) is 5.56 Å². The van der Waals surface area contributed by atoms with Crippen molar-refractivity contribution in [3.8, 4) is 0 Å². The largest absolute Gasteiger partial charge is 0.421 e. The molecule has 1 N–H and O–H groups in total. The first-order valence-electron chi connectivity index (χ1n) is 7.32. The maximum Gasteiger partial charge on any atom is 0.421 e. The second kappa shape index (κ2) is 5.08. The molecule has 0 saturated carbocycles. The van der Waals surface area contributed by atoms with E-state index >= 15 is 0 Å². The van der Waals surface area contributed by atoms with Crippen LogP contribution in [0.5, 0.6) is 0 Å². The molecule has 0 bridgehead atoms. The predicted molar refractivity (Wildman–Crippen MR) is 84.0 cm³/mol. The van der Waals surface area contributed by atoms with Crippen molar-refractivity contribution in [2.45, 2.75) is 24.7 Å². The smallest absolute Gasteiger partial charge is 0.360 e. The highest BCUT2D eigenvalue weighted by atomic mass is 35.5. The zero-order valence-corrected chi connectivity index (χ0v) is 13.2. The minimum absolute atomic E-state index is 0.0198. The standard InChI is InChI=1S/C16H10ClF4N3O/c17-14-13-8(2-4-22-14)15(3-1-10(13)18)7-24-6-9(16(19,20)21)11(25)5-12(24)23-15/h1-2,4-6,23H,3,7H2. The lowest BCUT2D eigenvalue weighted by atomic mass is 9.81. The molecular formula is C16H10ClF4N3O. The van der Waals surface area contributed by atoms with Gasteiger partial charge in [-0.3, -0.25) is 4.79 Å². The molecule has 0 radical (unpaired) electrons. The summed E-state index contributed by atoms with van der Waals surface area (Å²) in [6, 6.07) is 2.49. The molecule has 9 heteroatoms. The van der Waals surface area contributed by atoms with Crippen molar-refractivity contribution in [2.75, 3.05) is 5.32 Å². The van der Waals surface area contributed by atoms with E-state index in [1.54, 1.807) is 6.07 Å². The second-order valence-corrected chi connectivity index (χ2v) is 6.41. The SMILES string of the molecule is O=c1cc2n(cc1C(F)(F)F)CC1(CC=C(F)c3c1ccnc3Cl)N2. The van der Waals surface area contributed by atoms with Gasteiger partial charge in [0, 0.05) is 18.5 Å². The number of pyridine rings is 2. The first kappa shape index (κ1) is 16.1. The summed E-state index contributed by atoms with van der Waals surface area (Å²) in [5.41, 5.74) is -2.62. The number of aromatic nitrogens is 2. The number of anilines is 1. The van der Waals surface area contributed by atoms with Crippen LogP contribution in [0.3, 0.4) is 0 Å². The normalized spacial score (nSPS) is 21.6. The molecule has 4 nitrogen and oxygen atoms in total. The topological polar surface area (TPSA) is 46.9 Å². The fourth-order valence-electron chi connectivity index (χ4n) is 3.41. The Morgan fingerprint density at radius 1 is 1.36 bits per heavy atom. The molecule has 3 heterocycles. The fraction of sp³-hybridized carbons (Fsp3) is 0.250. The number of fused-ring (bicyclic) bond motifs is 3. The summed E-state index contributed by atoms with van der Waals surface area (Å²) in [4.78, 5) is 15.6. The molecule has 1 unspecified atom stereocenters. The van der Waals surface area contributed by atoms with E-state index in [9.17, 15) is 22.4 Å². The quantitative estimate of drug-likeness (QED) is 0.563. The molecule has 4 rings (SSSR count). The third-order valence-corrected chi connectivity index (χ3v) is 4.82. The molecule has 1 aliphatic heterocycles. The van der Waals surface area contributed by atoms with Crippen LogP contribution < -0.4 is 10.7 Å². The summed E-state index contributed by atoms with van der Waals surface area (Å²) >= 11 is 5.99. The third-order valence-electron chi connectivity index (χ3n) is 4.53. The summed E-state index contributed by atoms with van der Waals surface area (Å²) in [5, 5.41) is 3.05. The number of halogens is 5. The van der Waals surface area contributed by atoms with E-state index in [1.165, 1.54) is 16.8 Å². The van der Waals surface area contributed by atoms with Crippen molar-refractivity contribution in [3.63, 3.8) is 0 Å². The first-order valence-corrected chi connectivity index (χ1v) is 7.70. The molecule has 130 valence electrons. The van der Waals surface area contributed by atoms with Gasteiger partial charge in [0.25, 0.3) is 0 Å². The molecule has 2 aromatic heterocycles. The maximum absolute atomic E-state index is 14.2. The van der Waals surface area contributed by atoms with Crippen molar-refractivity contribution in [1.29, 1.82) is 0 Å². The lowest BCUT2D eigenvalue weighted by Gasteiger charge is -2.33. The Morgan fingerprint density at radius 3 is 2.84 bits per heavy atom. The van der Waals surface area contributed by atoms with Crippen LogP contribution in [-0.4, -0.2) is 9.55 Å². The summed E-state index contributed by atoms with van der Waals surface area (Å²) in [7, 11) is 0. The molecular weight excluding hydrogens is 362 g/mol. The van der Waals surface area contributed by atoms with Gasteiger partial charge in [0.15, 0.2) is 5.43 Å². The molecule has 0 aromatic carbocycles. The lowest BCUT2D eigenvalue weighted by Crippen LogP contribution is -2.36. The van der Waals surface area contributed by atoms with E-state index in [1.807, 2.05) is 0 Å². The van der Waals surface area contributed by atoms with Crippen molar-refractivity contribution in [1.82, 2.24) is 9.55 Å². The van der Waals surface area contributed by atoms with Crippen LogP contribution in [0.25, 0.3) is 5.83 Å². The van der Waals surface area contributed by atoms with Crippen LogP contribution in [0.2, 0.25) is 5.15 Å². The highest BCUT2D eigenvalue weighted by Gasteiger charge is 2.44. The number of rotatable bonds is 0. The van der Waals surface area contributed by atoms with E-state index in [2.05, 4.69) is 10.3 Å². The molecule has 0 fully saturated rings. The maximum atomic E-state index is 14.2. The molecule has 0 saturated heterocycles. The van der Waals surface area contributed by atoms with Crippen LogP contribution in [0, 0.1) is 0 Å². The first-order chi connectivity index (χ1) is 11.7. The fourth-order valence-corrected chi connectivity index (χ4v) is 3.66. The van der Waals surface area contributed by atoms with E-state index in [-0.39, 0.29) is 29.5 Å². The van der Waals surface area contributed by atoms with Gasteiger partial charge in [0.05, 0.1) is 17.6 Å². The monoisotopic (exact) mass is 371 g/mol.